The molecule has 0 atom stereocenters. The minimum absolute atomic E-state index is 0.0114. The van der Waals surface area contributed by atoms with Crippen LogP contribution >= 0.6 is 23.4 Å². The fourth-order valence-electron chi connectivity index (χ4n) is 2.21. The van der Waals surface area contributed by atoms with E-state index in [2.05, 4.69) is 20.3 Å². The van der Waals surface area contributed by atoms with Gasteiger partial charge in [-0.25, -0.2) is 17.9 Å². The third-order valence-corrected chi connectivity index (χ3v) is 5.79. The van der Waals surface area contributed by atoms with Gasteiger partial charge in [0, 0.05) is 12.1 Å². The quantitative estimate of drug-likeness (QED) is 0.632. The Morgan fingerprint density at radius 2 is 1.86 bits per heavy atom. The highest BCUT2D eigenvalue weighted by atomic mass is 35.5. The number of thioether (sulfide) groups is 1. The van der Waals surface area contributed by atoms with Crippen molar-refractivity contribution in [1.82, 2.24) is 19.7 Å². The van der Waals surface area contributed by atoms with Crippen molar-refractivity contribution in [2.75, 3.05) is 23.0 Å². The number of halogens is 1. The van der Waals surface area contributed by atoms with Gasteiger partial charge in [-0.2, -0.15) is 15.0 Å². The molecule has 0 unspecified atom stereocenters. The minimum atomic E-state index is -4.17. The van der Waals surface area contributed by atoms with Crippen LogP contribution in [0.25, 0.3) is 0 Å². The number of carbonyl (C=O) groups is 1. The number of aromatic nitrogens is 3. The van der Waals surface area contributed by atoms with Gasteiger partial charge in [0.1, 0.15) is 4.90 Å². The standard InChI is InChI=1S/C17H23ClN6O3S2/c1-6-24(14-19-13(22-17(2,3)4)20-15(21-14)28-5)16(25)23-29(26,27)12-10-8-7-9-11(12)18/h7-10H,6H2,1-5H3,(H,23,25)(H,19,20,21,22). The predicted octanol–water partition coefficient (Wildman–Crippen LogP) is 3.38. The predicted molar refractivity (Wildman–Crippen MR) is 115 cm³/mol. The van der Waals surface area contributed by atoms with Crippen LogP contribution in [-0.2, 0) is 10.0 Å². The summed E-state index contributed by atoms with van der Waals surface area (Å²) in [7, 11) is -4.17. The number of hydrogen-bond acceptors (Lipinski definition) is 8. The van der Waals surface area contributed by atoms with Crippen molar-refractivity contribution >= 4 is 51.3 Å². The van der Waals surface area contributed by atoms with E-state index >= 15 is 0 Å². The molecule has 0 saturated carbocycles. The number of nitrogens with zero attached hydrogens (tertiary/aromatic N) is 4. The van der Waals surface area contributed by atoms with E-state index in [-0.39, 0.29) is 33.9 Å². The summed E-state index contributed by atoms with van der Waals surface area (Å²) >= 11 is 7.23. The van der Waals surface area contributed by atoms with Gasteiger partial charge in [-0.05, 0) is 46.1 Å². The average molecular weight is 459 g/mol. The normalized spacial score (nSPS) is 11.8. The first-order valence-electron chi connectivity index (χ1n) is 8.64. The molecule has 2 amide bonds. The first kappa shape index (κ1) is 23.2. The lowest BCUT2D eigenvalue weighted by Gasteiger charge is -2.23. The monoisotopic (exact) mass is 458 g/mol. The largest absolute Gasteiger partial charge is 0.349 e. The second-order valence-corrected chi connectivity index (χ2v) is 9.74. The van der Waals surface area contributed by atoms with E-state index in [0.29, 0.717) is 5.16 Å². The van der Waals surface area contributed by atoms with Crippen LogP contribution < -0.4 is 14.9 Å². The Kier molecular flexibility index (Phi) is 7.30. The summed E-state index contributed by atoms with van der Waals surface area (Å²) in [6.07, 6.45) is 1.79. The first-order chi connectivity index (χ1) is 13.5. The smallest absolute Gasteiger partial charge is 0.338 e. The number of anilines is 2. The Morgan fingerprint density at radius 1 is 1.21 bits per heavy atom. The first-order valence-corrected chi connectivity index (χ1v) is 11.7. The van der Waals surface area contributed by atoms with Gasteiger partial charge in [-0.15, -0.1) is 0 Å². The molecule has 158 valence electrons. The summed E-state index contributed by atoms with van der Waals surface area (Å²) in [5.74, 6) is 0.317. The second-order valence-electron chi connectivity index (χ2n) is 6.91. The van der Waals surface area contributed by atoms with Gasteiger partial charge in [0.25, 0.3) is 10.0 Å². The summed E-state index contributed by atoms with van der Waals surface area (Å²) in [4.78, 5) is 26.5. The van der Waals surface area contributed by atoms with Crippen LogP contribution in [0.15, 0.2) is 34.3 Å². The molecular formula is C17H23ClN6O3S2. The van der Waals surface area contributed by atoms with E-state index in [0.717, 1.165) is 4.90 Å². The van der Waals surface area contributed by atoms with E-state index in [1.807, 2.05) is 25.5 Å². The second kappa shape index (κ2) is 9.14. The zero-order valence-electron chi connectivity index (χ0n) is 16.7. The maximum atomic E-state index is 12.7. The van der Waals surface area contributed by atoms with Crippen LogP contribution in [0.3, 0.4) is 0 Å². The Bertz CT molecular complexity index is 995. The van der Waals surface area contributed by atoms with Crippen LogP contribution in [0.4, 0.5) is 16.7 Å². The molecule has 1 heterocycles. The number of hydrogen-bond donors (Lipinski definition) is 2. The molecule has 29 heavy (non-hydrogen) atoms. The lowest BCUT2D eigenvalue weighted by atomic mass is 10.1. The highest BCUT2D eigenvalue weighted by Gasteiger charge is 2.26. The maximum absolute atomic E-state index is 12.7. The summed E-state index contributed by atoms with van der Waals surface area (Å²) in [5.41, 5.74) is -0.318. The van der Waals surface area contributed by atoms with Gasteiger partial charge in [-0.1, -0.05) is 35.5 Å². The Hall–Kier alpha value is -2.11. The van der Waals surface area contributed by atoms with E-state index in [1.165, 1.54) is 30.0 Å². The number of nitrogens with one attached hydrogen (secondary N) is 2. The molecule has 0 bridgehead atoms. The summed E-state index contributed by atoms with van der Waals surface area (Å²) in [6, 6.07) is 4.96. The van der Waals surface area contributed by atoms with Crippen molar-refractivity contribution in [3.05, 3.63) is 29.3 Å². The van der Waals surface area contributed by atoms with Crippen molar-refractivity contribution in [1.29, 1.82) is 0 Å². The van der Waals surface area contributed by atoms with Crippen molar-refractivity contribution in [2.24, 2.45) is 0 Å². The van der Waals surface area contributed by atoms with Crippen molar-refractivity contribution in [2.45, 2.75) is 43.3 Å². The molecule has 1 aromatic carbocycles. The highest BCUT2D eigenvalue weighted by Crippen LogP contribution is 2.22. The van der Waals surface area contributed by atoms with Crippen LogP contribution in [-0.4, -0.2) is 47.7 Å². The van der Waals surface area contributed by atoms with Crippen molar-refractivity contribution in [3.8, 4) is 0 Å². The fraction of sp³-hybridized carbons (Fsp3) is 0.412. The van der Waals surface area contributed by atoms with E-state index < -0.39 is 16.1 Å². The van der Waals surface area contributed by atoms with Crippen LogP contribution in [0.1, 0.15) is 27.7 Å². The maximum Gasteiger partial charge on any atom is 0.338 e. The SMILES string of the molecule is CCN(C(=O)NS(=O)(=O)c1ccccc1Cl)c1nc(NC(C)(C)C)nc(SC)n1. The Morgan fingerprint density at radius 3 is 2.41 bits per heavy atom. The van der Waals surface area contributed by atoms with Gasteiger partial charge in [0.05, 0.1) is 5.02 Å². The molecule has 0 saturated heterocycles. The van der Waals surface area contributed by atoms with Crippen LogP contribution in [0.5, 0.6) is 0 Å². The number of sulfonamides is 1. The number of urea groups is 1. The van der Waals surface area contributed by atoms with Gasteiger partial charge >= 0.3 is 6.03 Å². The number of rotatable bonds is 6. The van der Waals surface area contributed by atoms with Crippen LogP contribution in [0, 0.1) is 0 Å². The summed E-state index contributed by atoms with van der Waals surface area (Å²) in [5, 5.41) is 3.53. The Balaban J connectivity index is 2.36. The molecule has 0 aliphatic carbocycles. The summed E-state index contributed by atoms with van der Waals surface area (Å²) < 4.78 is 27.2. The molecule has 2 rings (SSSR count). The van der Waals surface area contributed by atoms with Gasteiger partial charge in [0.2, 0.25) is 11.9 Å². The highest BCUT2D eigenvalue weighted by molar-refractivity contribution is 7.98. The molecule has 0 spiro atoms. The molecule has 2 aromatic rings. The minimum Gasteiger partial charge on any atom is -0.349 e. The van der Waals surface area contributed by atoms with Crippen LogP contribution in [0.2, 0.25) is 5.02 Å². The van der Waals surface area contributed by atoms with Gasteiger partial charge in [0.15, 0.2) is 5.16 Å². The average Bonchev–Trinajstić information content (AvgIpc) is 2.60. The molecule has 9 nitrogen and oxygen atoms in total. The van der Waals surface area contributed by atoms with Crippen molar-refractivity contribution < 1.29 is 13.2 Å². The third kappa shape index (κ3) is 6.18. The topological polar surface area (TPSA) is 117 Å². The lowest BCUT2D eigenvalue weighted by Crippen LogP contribution is -2.44. The fourth-order valence-corrected chi connectivity index (χ4v) is 4.04. The molecule has 1 aromatic heterocycles. The van der Waals surface area contributed by atoms with Crippen molar-refractivity contribution in [3.63, 3.8) is 0 Å². The number of carbonyl (C=O) groups excluding carboxylic acids is 1. The zero-order chi connectivity index (χ0) is 21.8. The third-order valence-electron chi connectivity index (χ3n) is 3.42. The molecular weight excluding hydrogens is 436 g/mol. The molecule has 12 heteroatoms. The Labute approximate surface area is 179 Å². The summed E-state index contributed by atoms with van der Waals surface area (Å²) in [6.45, 7) is 7.64. The lowest BCUT2D eigenvalue weighted by molar-refractivity contribution is 0.251. The molecule has 0 aliphatic rings. The van der Waals surface area contributed by atoms with E-state index in [1.54, 1.807) is 19.2 Å². The number of amides is 2. The van der Waals surface area contributed by atoms with E-state index in [4.69, 9.17) is 11.6 Å². The van der Waals surface area contributed by atoms with Gasteiger partial charge < -0.3 is 5.32 Å². The number of benzene rings is 1. The molecule has 0 fully saturated rings. The van der Waals surface area contributed by atoms with E-state index in [9.17, 15) is 13.2 Å². The molecule has 0 aliphatic heterocycles. The zero-order valence-corrected chi connectivity index (χ0v) is 19.1. The molecule has 0 radical (unpaired) electrons. The molecule has 2 N–H and O–H groups in total. The van der Waals surface area contributed by atoms with Gasteiger partial charge in [-0.3, -0.25) is 4.90 Å².